The van der Waals surface area contributed by atoms with Gasteiger partial charge in [0.25, 0.3) is 5.56 Å². The predicted molar refractivity (Wildman–Crippen MR) is 100 cm³/mol. The van der Waals surface area contributed by atoms with Gasteiger partial charge in [-0.2, -0.15) is 0 Å². The highest BCUT2D eigenvalue weighted by molar-refractivity contribution is 5.86. The maximum absolute atomic E-state index is 12.1. The first-order valence-electron chi connectivity index (χ1n) is 8.57. The van der Waals surface area contributed by atoms with Gasteiger partial charge in [0.05, 0.1) is 0 Å². The van der Waals surface area contributed by atoms with E-state index in [-0.39, 0.29) is 11.2 Å². The molecule has 0 aliphatic heterocycles. The number of nitrogens with one attached hydrogen (secondary N) is 2. The van der Waals surface area contributed by atoms with Crippen molar-refractivity contribution in [2.24, 2.45) is 14.1 Å². The van der Waals surface area contributed by atoms with Gasteiger partial charge in [0.15, 0.2) is 0 Å². The van der Waals surface area contributed by atoms with E-state index >= 15 is 0 Å². The van der Waals surface area contributed by atoms with Crippen LogP contribution < -0.4 is 16.6 Å². The van der Waals surface area contributed by atoms with E-state index in [0.29, 0.717) is 12.1 Å². The van der Waals surface area contributed by atoms with Gasteiger partial charge in [0.2, 0.25) is 0 Å². The first-order valence-corrected chi connectivity index (χ1v) is 8.57. The summed E-state index contributed by atoms with van der Waals surface area (Å²) in [5, 5.41) is 4.57. The minimum atomic E-state index is -0.306. The second kappa shape index (κ2) is 7.11. The van der Waals surface area contributed by atoms with Gasteiger partial charge in [-0.25, -0.2) is 4.79 Å². The molecule has 2 heterocycles. The molecule has 0 saturated heterocycles. The fourth-order valence-electron chi connectivity index (χ4n) is 3.23. The van der Waals surface area contributed by atoms with Crippen LogP contribution in [-0.2, 0) is 33.5 Å². The van der Waals surface area contributed by atoms with Crippen molar-refractivity contribution in [2.75, 3.05) is 6.54 Å². The average Bonchev–Trinajstić information content (AvgIpc) is 3.04. The lowest BCUT2D eigenvalue weighted by Crippen LogP contribution is -2.39. The molecule has 2 N–H and O–H groups in total. The van der Waals surface area contributed by atoms with E-state index in [1.54, 1.807) is 13.2 Å². The number of hydrogen-bond acceptors (Lipinski definition) is 3. The standard InChI is InChI=1S/C19H24N4O2/c1-4-13-6-5-7-16-14(11-21-17(13)16)8-9-20-10-15-12-22(2)19(25)23(3)18(15)24/h5-7,11-12,20-21H,4,8-10H2,1-3H3. The van der Waals surface area contributed by atoms with Gasteiger partial charge in [-0.05, 0) is 30.5 Å². The van der Waals surface area contributed by atoms with E-state index in [1.165, 1.54) is 33.6 Å². The molecule has 0 aliphatic rings. The fourth-order valence-corrected chi connectivity index (χ4v) is 3.23. The summed E-state index contributed by atoms with van der Waals surface area (Å²) in [6.45, 7) is 3.36. The van der Waals surface area contributed by atoms with Crippen molar-refractivity contribution in [3.8, 4) is 0 Å². The van der Waals surface area contributed by atoms with Crippen molar-refractivity contribution in [3.05, 3.63) is 68.1 Å². The molecular weight excluding hydrogens is 316 g/mol. The number of nitrogens with zero attached hydrogens (tertiary/aromatic N) is 2. The van der Waals surface area contributed by atoms with Crippen molar-refractivity contribution in [2.45, 2.75) is 26.3 Å². The first kappa shape index (κ1) is 17.2. The lowest BCUT2D eigenvalue weighted by atomic mass is 10.1. The zero-order valence-corrected chi connectivity index (χ0v) is 14.9. The lowest BCUT2D eigenvalue weighted by molar-refractivity contribution is 0.630. The Kier molecular flexibility index (Phi) is 4.90. The molecule has 132 valence electrons. The van der Waals surface area contributed by atoms with Crippen LogP contribution in [0.3, 0.4) is 0 Å². The highest BCUT2D eigenvalue weighted by Crippen LogP contribution is 2.22. The molecule has 0 atom stereocenters. The van der Waals surface area contributed by atoms with Crippen LogP contribution in [0.2, 0.25) is 0 Å². The molecule has 25 heavy (non-hydrogen) atoms. The van der Waals surface area contributed by atoms with Crippen molar-refractivity contribution in [1.82, 2.24) is 19.4 Å². The number of aromatic amines is 1. The van der Waals surface area contributed by atoms with Crippen molar-refractivity contribution in [3.63, 3.8) is 0 Å². The highest BCUT2D eigenvalue weighted by atomic mass is 16.2. The maximum Gasteiger partial charge on any atom is 0.330 e. The highest BCUT2D eigenvalue weighted by Gasteiger charge is 2.08. The monoisotopic (exact) mass is 340 g/mol. The van der Waals surface area contributed by atoms with Crippen molar-refractivity contribution >= 4 is 10.9 Å². The Bertz CT molecular complexity index is 1010. The normalized spacial score (nSPS) is 11.3. The largest absolute Gasteiger partial charge is 0.361 e. The second-order valence-electron chi connectivity index (χ2n) is 6.35. The van der Waals surface area contributed by atoms with E-state index in [9.17, 15) is 9.59 Å². The van der Waals surface area contributed by atoms with E-state index in [1.807, 2.05) is 0 Å². The molecular formula is C19H24N4O2. The summed E-state index contributed by atoms with van der Waals surface area (Å²) < 4.78 is 2.58. The van der Waals surface area contributed by atoms with Crippen LogP contribution in [-0.4, -0.2) is 20.7 Å². The third kappa shape index (κ3) is 3.30. The second-order valence-corrected chi connectivity index (χ2v) is 6.35. The smallest absolute Gasteiger partial charge is 0.330 e. The summed E-state index contributed by atoms with van der Waals surface area (Å²) >= 11 is 0. The molecule has 3 aromatic rings. The number of aryl methyl sites for hydroxylation is 2. The van der Waals surface area contributed by atoms with Crippen LogP contribution in [0.4, 0.5) is 0 Å². The van der Waals surface area contributed by atoms with Gasteiger partial charge in [-0.3, -0.25) is 9.36 Å². The lowest BCUT2D eigenvalue weighted by Gasteiger charge is -2.08. The van der Waals surface area contributed by atoms with Crippen LogP contribution >= 0.6 is 0 Å². The summed E-state index contributed by atoms with van der Waals surface area (Å²) in [7, 11) is 3.16. The number of aromatic nitrogens is 3. The molecule has 0 saturated carbocycles. The van der Waals surface area contributed by atoms with Gasteiger partial charge in [-0.15, -0.1) is 0 Å². The summed E-state index contributed by atoms with van der Waals surface area (Å²) in [4.78, 5) is 27.2. The molecule has 0 aliphatic carbocycles. The molecule has 0 bridgehead atoms. The molecule has 3 rings (SSSR count). The Morgan fingerprint density at radius 3 is 2.68 bits per heavy atom. The molecule has 2 aromatic heterocycles. The molecule has 1 aromatic carbocycles. The van der Waals surface area contributed by atoms with Crippen LogP contribution in [0.1, 0.15) is 23.6 Å². The van der Waals surface area contributed by atoms with Gasteiger partial charge in [0.1, 0.15) is 0 Å². The fraction of sp³-hybridized carbons (Fsp3) is 0.368. The van der Waals surface area contributed by atoms with E-state index in [2.05, 4.69) is 41.6 Å². The van der Waals surface area contributed by atoms with E-state index in [4.69, 9.17) is 0 Å². The minimum absolute atomic E-state index is 0.240. The number of fused-ring (bicyclic) bond motifs is 1. The number of para-hydroxylation sites is 1. The average molecular weight is 340 g/mol. The summed E-state index contributed by atoms with van der Waals surface area (Å²) in [6.07, 6.45) is 5.55. The SMILES string of the molecule is CCc1cccc2c(CCNCc3cn(C)c(=O)n(C)c3=O)c[nH]c12. The van der Waals surface area contributed by atoms with Crippen molar-refractivity contribution in [1.29, 1.82) is 0 Å². The van der Waals surface area contributed by atoms with Gasteiger partial charge >= 0.3 is 5.69 Å². The Balaban J connectivity index is 1.67. The Labute approximate surface area is 146 Å². The van der Waals surface area contributed by atoms with Gasteiger partial charge < -0.3 is 14.9 Å². The first-order chi connectivity index (χ1) is 12.0. The number of benzene rings is 1. The molecule has 6 nitrogen and oxygen atoms in total. The minimum Gasteiger partial charge on any atom is -0.361 e. The Morgan fingerprint density at radius 2 is 1.92 bits per heavy atom. The summed E-state index contributed by atoms with van der Waals surface area (Å²) in [5.41, 5.74) is 3.86. The third-order valence-corrected chi connectivity index (χ3v) is 4.67. The molecule has 6 heteroatoms. The molecule has 0 amide bonds. The molecule has 0 radical (unpaired) electrons. The number of hydrogen-bond donors (Lipinski definition) is 2. The summed E-state index contributed by atoms with van der Waals surface area (Å²) in [6, 6.07) is 6.39. The molecule has 0 fully saturated rings. The molecule has 0 unspecified atom stereocenters. The van der Waals surface area contributed by atoms with Crippen LogP contribution in [0.15, 0.2) is 40.2 Å². The Morgan fingerprint density at radius 1 is 1.12 bits per heavy atom. The number of rotatable bonds is 6. The topological polar surface area (TPSA) is 71.8 Å². The van der Waals surface area contributed by atoms with Crippen LogP contribution in [0, 0.1) is 0 Å². The van der Waals surface area contributed by atoms with Crippen LogP contribution in [0.25, 0.3) is 10.9 Å². The summed E-state index contributed by atoms with van der Waals surface area (Å²) in [5.74, 6) is 0. The van der Waals surface area contributed by atoms with E-state index in [0.717, 1.165) is 24.0 Å². The predicted octanol–water partition coefficient (Wildman–Crippen LogP) is 1.46. The third-order valence-electron chi connectivity index (χ3n) is 4.67. The van der Waals surface area contributed by atoms with Gasteiger partial charge in [-0.1, -0.05) is 25.1 Å². The zero-order valence-electron chi connectivity index (χ0n) is 14.9. The quantitative estimate of drug-likeness (QED) is 0.667. The van der Waals surface area contributed by atoms with Crippen LogP contribution in [0.5, 0.6) is 0 Å². The number of H-pyrrole nitrogens is 1. The Hall–Kier alpha value is -2.60. The molecule has 0 spiro atoms. The van der Waals surface area contributed by atoms with Gasteiger partial charge in [0, 0.05) is 49.5 Å². The zero-order chi connectivity index (χ0) is 18.0. The maximum atomic E-state index is 12.1. The van der Waals surface area contributed by atoms with Crippen molar-refractivity contribution < 1.29 is 0 Å². The van der Waals surface area contributed by atoms with E-state index < -0.39 is 0 Å².